The van der Waals surface area contributed by atoms with Crippen LogP contribution in [0.1, 0.15) is 5.56 Å². The summed E-state index contributed by atoms with van der Waals surface area (Å²) in [4.78, 5) is 10.5. The molecule has 1 amide bonds. The predicted molar refractivity (Wildman–Crippen MR) is 49.3 cm³/mol. The quantitative estimate of drug-likeness (QED) is 0.510. The summed E-state index contributed by atoms with van der Waals surface area (Å²) in [6.07, 6.45) is 1.51. The van der Waals surface area contributed by atoms with Crippen molar-refractivity contribution in [1.82, 2.24) is 5.43 Å². The van der Waals surface area contributed by atoms with Gasteiger partial charge in [-0.3, -0.25) is 4.79 Å². The number of rotatable bonds is 3. The van der Waals surface area contributed by atoms with Gasteiger partial charge in [-0.15, -0.1) is 0 Å². The Balaban J connectivity index is 2.45. The zero-order valence-corrected chi connectivity index (χ0v) is 6.97. The number of aliphatic hydroxyl groups excluding tert-OH is 1. The molecular weight excluding hydrogens is 168 g/mol. The molecule has 68 valence electrons. The maximum absolute atomic E-state index is 10.5. The fraction of sp³-hybridized carbons (Fsp3) is 0.111. The van der Waals surface area contributed by atoms with Crippen LogP contribution in [0.4, 0.5) is 0 Å². The molecule has 0 radical (unpaired) electrons. The third kappa shape index (κ3) is 3.48. The lowest BCUT2D eigenvalue weighted by Crippen LogP contribution is -2.20. The summed E-state index contributed by atoms with van der Waals surface area (Å²) < 4.78 is 0. The van der Waals surface area contributed by atoms with Gasteiger partial charge in [0.2, 0.25) is 0 Å². The van der Waals surface area contributed by atoms with E-state index in [1.807, 2.05) is 30.3 Å². The Kier molecular flexibility index (Phi) is 3.66. The molecule has 1 rings (SSSR count). The molecule has 0 saturated heterocycles. The normalized spacial score (nSPS) is 10.2. The van der Waals surface area contributed by atoms with E-state index in [4.69, 9.17) is 5.11 Å². The summed E-state index contributed by atoms with van der Waals surface area (Å²) in [7, 11) is 0. The first-order chi connectivity index (χ1) is 6.33. The topological polar surface area (TPSA) is 61.7 Å². The number of aliphatic hydroxyl groups is 1. The molecule has 1 aromatic carbocycles. The van der Waals surface area contributed by atoms with E-state index < -0.39 is 12.5 Å². The Morgan fingerprint density at radius 1 is 1.46 bits per heavy atom. The van der Waals surface area contributed by atoms with Crippen molar-refractivity contribution in [3.05, 3.63) is 35.9 Å². The van der Waals surface area contributed by atoms with E-state index in [9.17, 15) is 4.79 Å². The van der Waals surface area contributed by atoms with E-state index in [1.54, 1.807) is 0 Å². The van der Waals surface area contributed by atoms with Crippen molar-refractivity contribution in [3.63, 3.8) is 0 Å². The van der Waals surface area contributed by atoms with Gasteiger partial charge in [0.1, 0.15) is 6.61 Å². The molecule has 0 saturated carbocycles. The van der Waals surface area contributed by atoms with Crippen molar-refractivity contribution in [2.24, 2.45) is 5.10 Å². The van der Waals surface area contributed by atoms with Crippen LogP contribution in [-0.4, -0.2) is 23.8 Å². The summed E-state index contributed by atoms with van der Waals surface area (Å²) >= 11 is 0. The average Bonchev–Trinajstić information content (AvgIpc) is 2.19. The molecule has 0 fully saturated rings. The van der Waals surface area contributed by atoms with Crippen molar-refractivity contribution < 1.29 is 9.90 Å². The van der Waals surface area contributed by atoms with E-state index in [2.05, 4.69) is 10.5 Å². The van der Waals surface area contributed by atoms with Gasteiger partial charge in [-0.2, -0.15) is 5.10 Å². The highest BCUT2D eigenvalue weighted by molar-refractivity contribution is 5.82. The lowest BCUT2D eigenvalue weighted by molar-refractivity contribution is -0.123. The van der Waals surface area contributed by atoms with Gasteiger partial charge in [0.25, 0.3) is 5.91 Å². The Morgan fingerprint density at radius 2 is 2.15 bits per heavy atom. The molecule has 0 aliphatic carbocycles. The molecule has 0 spiro atoms. The highest BCUT2D eigenvalue weighted by atomic mass is 16.3. The van der Waals surface area contributed by atoms with Gasteiger partial charge < -0.3 is 5.11 Å². The molecule has 2 N–H and O–H groups in total. The Morgan fingerprint density at radius 3 is 2.77 bits per heavy atom. The van der Waals surface area contributed by atoms with Crippen LogP contribution in [0.2, 0.25) is 0 Å². The second-order valence-electron chi connectivity index (χ2n) is 2.36. The first-order valence-electron chi connectivity index (χ1n) is 3.81. The Bertz CT molecular complexity index is 296. The van der Waals surface area contributed by atoms with E-state index >= 15 is 0 Å². The third-order valence-electron chi connectivity index (χ3n) is 1.35. The van der Waals surface area contributed by atoms with Crippen LogP contribution in [0.15, 0.2) is 35.4 Å². The number of hydrogen-bond donors (Lipinski definition) is 2. The van der Waals surface area contributed by atoms with Crippen LogP contribution in [0.3, 0.4) is 0 Å². The fourth-order valence-corrected chi connectivity index (χ4v) is 0.753. The maximum atomic E-state index is 10.5. The van der Waals surface area contributed by atoms with Crippen LogP contribution in [0.5, 0.6) is 0 Å². The van der Waals surface area contributed by atoms with Crippen molar-refractivity contribution in [3.8, 4) is 0 Å². The second-order valence-corrected chi connectivity index (χ2v) is 2.36. The zero-order chi connectivity index (χ0) is 9.52. The standard InChI is InChI=1S/C9H10N2O2/c12-7-9(13)11-10-6-8-4-2-1-3-5-8/h1-6,12H,7H2,(H,11,13)/b10-6+. The van der Waals surface area contributed by atoms with Crippen molar-refractivity contribution in [1.29, 1.82) is 0 Å². The summed E-state index contributed by atoms with van der Waals surface area (Å²) in [5.41, 5.74) is 3.05. The molecule has 0 aromatic heterocycles. The first-order valence-corrected chi connectivity index (χ1v) is 3.81. The van der Waals surface area contributed by atoms with E-state index in [1.165, 1.54) is 6.21 Å². The molecule has 4 heteroatoms. The number of hydrazone groups is 1. The van der Waals surface area contributed by atoms with Crippen LogP contribution in [0, 0.1) is 0 Å². The SMILES string of the molecule is O=C(CO)N/N=C/c1ccccc1. The molecule has 4 nitrogen and oxygen atoms in total. The number of carbonyl (C=O) groups excluding carboxylic acids is 1. The minimum Gasteiger partial charge on any atom is -0.386 e. The Hall–Kier alpha value is -1.68. The first kappa shape index (κ1) is 9.41. The Labute approximate surface area is 75.9 Å². The molecule has 0 bridgehead atoms. The van der Waals surface area contributed by atoms with Gasteiger partial charge in [0, 0.05) is 0 Å². The zero-order valence-electron chi connectivity index (χ0n) is 6.97. The molecule has 13 heavy (non-hydrogen) atoms. The van der Waals surface area contributed by atoms with Gasteiger partial charge in [-0.05, 0) is 5.56 Å². The summed E-state index contributed by atoms with van der Waals surface area (Å²) in [5, 5.41) is 12.0. The lowest BCUT2D eigenvalue weighted by atomic mass is 10.2. The molecule has 0 aliphatic heterocycles. The summed E-state index contributed by atoms with van der Waals surface area (Å²) in [6, 6.07) is 9.34. The highest BCUT2D eigenvalue weighted by Crippen LogP contribution is 1.92. The van der Waals surface area contributed by atoms with Gasteiger partial charge in [-0.1, -0.05) is 30.3 Å². The number of carbonyl (C=O) groups is 1. The van der Waals surface area contributed by atoms with E-state index in [0.29, 0.717) is 0 Å². The number of nitrogens with one attached hydrogen (secondary N) is 1. The maximum Gasteiger partial charge on any atom is 0.265 e. The largest absolute Gasteiger partial charge is 0.386 e. The van der Waals surface area contributed by atoms with Crippen LogP contribution < -0.4 is 5.43 Å². The molecule has 1 aromatic rings. The number of amides is 1. The van der Waals surface area contributed by atoms with Crippen molar-refractivity contribution in [2.45, 2.75) is 0 Å². The minimum atomic E-state index is -0.549. The highest BCUT2D eigenvalue weighted by Gasteiger charge is 1.91. The molecule has 0 unspecified atom stereocenters. The minimum absolute atomic E-state index is 0.521. The number of benzene rings is 1. The van der Waals surface area contributed by atoms with E-state index in [0.717, 1.165) is 5.56 Å². The fourth-order valence-electron chi connectivity index (χ4n) is 0.753. The third-order valence-corrected chi connectivity index (χ3v) is 1.35. The predicted octanol–water partition coefficient (Wildman–Crippen LogP) is 0.129. The van der Waals surface area contributed by atoms with E-state index in [-0.39, 0.29) is 0 Å². The smallest absolute Gasteiger partial charge is 0.265 e. The summed E-state index contributed by atoms with van der Waals surface area (Å²) in [5.74, 6) is -0.521. The molecule has 0 heterocycles. The van der Waals surface area contributed by atoms with Gasteiger partial charge in [0.05, 0.1) is 6.21 Å². The molecular formula is C9H10N2O2. The van der Waals surface area contributed by atoms with Crippen LogP contribution >= 0.6 is 0 Å². The monoisotopic (exact) mass is 178 g/mol. The van der Waals surface area contributed by atoms with Crippen molar-refractivity contribution in [2.75, 3.05) is 6.61 Å². The second kappa shape index (κ2) is 5.05. The number of nitrogens with zero attached hydrogens (tertiary/aromatic N) is 1. The van der Waals surface area contributed by atoms with Crippen LogP contribution in [-0.2, 0) is 4.79 Å². The lowest BCUT2D eigenvalue weighted by Gasteiger charge is -1.93. The number of hydrogen-bond acceptors (Lipinski definition) is 3. The van der Waals surface area contributed by atoms with Gasteiger partial charge >= 0.3 is 0 Å². The average molecular weight is 178 g/mol. The van der Waals surface area contributed by atoms with Crippen molar-refractivity contribution >= 4 is 12.1 Å². The van der Waals surface area contributed by atoms with Crippen LogP contribution in [0.25, 0.3) is 0 Å². The summed E-state index contributed by atoms with van der Waals surface area (Å²) in [6.45, 7) is -0.549. The van der Waals surface area contributed by atoms with Gasteiger partial charge in [0.15, 0.2) is 0 Å². The molecule has 0 aliphatic rings. The van der Waals surface area contributed by atoms with Gasteiger partial charge in [-0.25, -0.2) is 5.43 Å². The molecule has 0 atom stereocenters.